The van der Waals surface area contributed by atoms with E-state index < -0.39 is 0 Å². The molecule has 0 aromatic carbocycles. The van der Waals surface area contributed by atoms with Gasteiger partial charge in [0.05, 0.1) is 5.69 Å². The van der Waals surface area contributed by atoms with Crippen LogP contribution in [0.1, 0.15) is 32.4 Å². The molecule has 0 aliphatic heterocycles. The normalized spacial score (nSPS) is 12.4. The lowest BCUT2D eigenvalue weighted by Crippen LogP contribution is -2.21. The van der Waals surface area contributed by atoms with Crippen molar-refractivity contribution in [1.82, 2.24) is 9.97 Å². The smallest absolute Gasteiger partial charge is 0.228 e. The average Bonchev–Trinajstić information content (AvgIpc) is 2.91. The average molecular weight is 321 g/mol. The molecule has 0 bridgehead atoms. The molecule has 0 aliphatic rings. The molecule has 0 saturated heterocycles. The molecule has 1 amide bonds. The van der Waals surface area contributed by atoms with Gasteiger partial charge in [0.25, 0.3) is 0 Å². The van der Waals surface area contributed by atoms with Gasteiger partial charge in [-0.25, -0.2) is 4.98 Å². The minimum atomic E-state index is -0.128. The third-order valence-corrected chi connectivity index (χ3v) is 4.65. The second-order valence-electron chi connectivity index (χ2n) is 5.20. The van der Waals surface area contributed by atoms with Gasteiger partial charge in [-0.05, 0) is 18.1 Å². The van der Waals surface area contributed by atoms with E-state index in [1.807, 2.05) is 19.1 Å². The summed E-state index contributed by atoms with van der Waals surface area (Å²) in [4.78, 5) is 20.8. The number of pyridine rings is 1. The number of hydrogen-bond donors (Lipinski definition) is 2. The number of thiazole rings is 1. The molecule has 6 heteroatoms. The number of thiol groups is 1. The first-order valence-corrected chi connectivity index (χ1v) is 8.30. The predicted octanol–water partition coefficient (Wildman–Crippen LogP) is 3.83. The van der Waals surface area contributed by atoms with Crippen LogP contribution in [0.4, 0.5) is 5.00 Å². The first kappa shape index (κ1) is 16.0. The minimum absolute atomic E-state index is 0.0201. The molecule has 112 valence electrons. The maximum atomic E-state index is 12.1. The standard InChI is InChI=1S/C15H19N3OS2/c1-9(2)12-15(18-13(19)10(3)8-20)21-14(17-12)11-5-4-6-16-7-11/h4-7,9-10,20H,8H2,1-3H3,(H,18,19)/t10-/m1/s1. The van der Waals surface area contributed by atoms with Crippen molar-refractivity contribution < 1.29 is 4.79 Å². The second kappa shape index (κ2) is 7.04. The van der Waals surface area contributed by atoms with E-state index in [1.165, 1.54) is 11.3 Å². The Kier molecular flexibility index (Phi) is 5.36. The largest absolute Gasteiger partial charge is 0.316 e. The third kappa shape index (κ3) is 3.83. The van der Waals surface area contributed by atoms with Crippen LogP contribution in [-0.4, -0.2) is 21.6 Å². The summed E-state index contributed by atoms with van der Waals surface area (Å²) in [7, 11) is 0. The molecule has 1 N–H and O–H groups in total. The highest BCUT2D eigenvalue weighted by Crippen LogP contribution is 2.35. The Morgan fingerprint density at radius 2 is 2.19 bits per heavy atom. The lowest BCUT2D eigenvalue weighted by atomic mass is 10.1. The zero-order chi connectivity index (χ0) is 15.4. The van der Waals surface area contributed by atoms with Crippen molar-refractivity contribution >= 4 is 34.9 Å². The van der Waals surface area contributed by atoms with Crippen LogP contribution in [0.3, 0.4) is 0 Å². The van der Waals surface area contributed by atoms with Crippen LogP contribution in [0.15, 0.2) is 24.5 Å². The van der Waals surface area contributed by atoms with Gasteiger partial charge < -0.3 is 5.32 Å². The summed E-state index contributed by atoms with van der Waals surface area (Å²) in [5.41, 5.74) is 1.88. The van der Waals surface area contributed by atoms with Gasteiger partial charge in [0, 0.05) is 29.6 Å². The van der Waals surface area contributed by atoms with Crippen molar-refractivity contribution in [2.75, 3.05) is 11.1 Å². The minimum Gasteiger partial charge on any atom is -0.316 e. The van der Waals surface area contributed by atoms with Gasteiger partial charge in [-0.15, -0.1) is 0 Å². The fraction of sp³-hybridized carbons (Fsp3) is 0.400. The number of carbonyl (C=O) groups excluding carboxylic acids is 1. The van der Waals surface area contributed by atoms with Crippen LogP contribution in [-0.2, 0) is 4.79 Å². The number of rotatable bonds is 5. The topological polar surface area (TPSA) is 54.9 Å². The molecule has 0 saturated carbocycles. The summed E-state index contributed by atoms with van der Waals surface area (Å²) >= 11 is 5.66. The van der Waals surface area contributed by atoms with E-state index in [9.17, 15) is 4.79 Å². The van der Waals surface area contributed by atoms with Crippen molar-refractivity contribution in [2.45, 2.75) is 26.7 Å². The fourth-order valence-electron chi connectivity index (χ4n) is 1.74. The molecule has 0 aliphatic carbocycles. The molecular weight excluding hydrogens is 302 g/mol. The number of anilines is 1. The van der Waals surface area contributed by atoms with Crippen molar-refractivity contribution in [3.8, 4) is 10.6 Å². The summed E-state index contributed by atoms with van der Waals surface area (Å²) < 4.78 is 0. The van der Waals surface area contributed by atoms with Crippen LogP contribution in [0, 0.1) is 5.92 Å². The van der Waals surface area contributed by atoms with E-state index in [0.717, 1.165) is 21.3 Å². The van der Waals surface area contributed by atoms with Gasteiger partial charge >= 0.3 is 0 Å². The summed E-state index contributed by atoms with van der Waals surface area (Å²) in [6, 6.07) is 3.85. The Balaban J connectivity index is 2.32. The molecule has 1 atom stereocenters. The van der Waals surface area contributed by atoms with Gasteiger partial charge in [-0.3, -0.25) is 9.78 Å². The number of nitrogens with one attached hydrogen (secondary N) is 1. The molecule has 4 nitrogen and oxygen atoms in total. The highest BCUT2D eigenvalue weighted by molar-refractivity contribution is 7.80. The summed E-state index contributed by atoms with van der Waals surface area (Å²) in [5.74, 6) is 0.621. The third-order valence-electron chi connectivity index (χ3n) is 3.07. The van der Waals surface area contributed by atoms with E-state index >= 15 is 0 Å². The Labute approximate surface area is 134 Å². The van der Waals surface area contributed by atoms with Gasteiger partial charge in [-0.2, -0.15) is 12.6 Å². The maximum Gasteiger partial charge on any atom is 0.228 e. The Hall–Kier alpha value is -1.40. The molecule has 0 spiro atoms. The lowest BCUT2D eigenvalue weighted by Gasteiger charge is -2.10. The molecule has 0 radical (unpaired) electrons. The maximum absolute atomic E-state index is 12.1. The SMILES string of the molecule is CC(C)c1nc(-c2cccnc2)sc1NC(=O)[C@H](C)CS. The Morgan fingerprint density at radius 1 is 1.43 bits per heavy atom. The van der Waals surface area contributed by atoms with E-state index in [0.29, 0.717) is 5.75 Å². The zero-order valence-electron chi connectivity index (χ0n) is 12.3. The zero-order valence-corrected chi connectivity index (χ0v) is 14.0. The second-order valence-corrected chi connectivity index (χ2v) is 6.57. The fourth-order valence-corrected chi connectivity index (χ4v) is 3.02. The van der Waals surface area contributed by atoms with E-state index in [1.54, 1.807) is 12.4 Å². The molecule has 2 rings (SSSR count). The number of aromatic nitrogens is 2. The number of hydrogen-bond acceptors (Lipinski definition) is 5. The Morgan fingerprint density at radius 3 is 2.76 bits per heavy atom. The van der Waals surface area contributed by atoms with Crippen molar-refractivity contribution in [3.05, 3.63) is 30.2 Å². The van der Waals surface area contributed by atoms with Crippen LogP contribution >= 0.6 is 24.0 Å². The van der Waals surface area contributed by atoms with Gasteiger partial charge in [0.15, 0.2) is 0 Å². The molecule has 0 unspecified atom stereocenters. The predicted molar refractivity (Wildman–Crippen MR) is 91.1 cm³/mol. The number of amides is 1. The molecule has 2 aromatic heterocycles. The first-order chi connectivity index (χ1) is 10.0. The van der Waals surface area contributed by atoms with Crippen LogP contribution in [0.25, 0.3) is 10.6 Å². The summed E-state index contributed by atoms with van der Waals surface area (Å²) in [6.45, 7) is 6.00. The van der Waals surface area contributed by atoms with E-state index in [2.05, 4.69) is 41.8 Å². The highest BCUT2D eigenvalue weighted by atomic mass is 32.1. The molecule has 0 fully saturated rings. The van der Waals surface area contributed by atoms with Gasteiger partial charge in [0.1, 0.15) is 10.0 Å². The van der Waals surface area contributed by atoms with Crippen LogP contribution < -0.4 is 5.32 Å². The van der Waals surface area contributed by atoms with Gasteiger partial charge in [-0.1, -0.05) is 32.1 Å². The summed E-state index contributed by atoms with van der Waals surface area (Å²) in [5, 5.41) is 4.68. The van der Waals surface area contributed by atoms with E-state index in [4.69, 9.17) is 0 Å². The molecule has 2 aromatic rings. The molecular formula is C15H19N3OS2. The first-order valence-electron chi connectivity index (χ1n) is 6.85. The number of carbonyl (C=O) groups is 1. The molecule has 21 heavy (non-hydrogen) atoms. The lowest BCUT2D eigenvalue weighted by molar-refractivity contribution is -0.118. The Bertz CT molecular complexity index is 611. The van der Waals surface area contributed by atoms with Crippen molar-refractivity contribution in [1.29, 1.82) is 0 Å². The van der Waals surface area contributed by atoms with Crippen LogP contribution in [0.2, 0.25) is 0 Å². The summed E-state index contributed by atoms with van der Waals surface area (Å²) in [6.07, 6.45) is 3.52. The van der Waals surface area contributed by atoms with Crippen LogP contribution in [0.5, 0.6) is 0 Å². The highest BCUT2D eigenvalue weighted by Gasteiger charge is 2.19. The van der Waals surface area contributed by atoms with Crippen molar-refractivity contribution in [3.63, 3.8) is 0 Å². The monoisotopic (exact) mass is 321 g/mol. The van der Waals surface area contributed by atoms with E-state index in [-0.39, 0.29) is 17.7 Å². The quantitative estimate of drug-likeness (QED) is 0.823. The molecule has 2 heterocycles. The van der Waals surface area contributed by atoms with Gasteiger partial charge in [0.2, 0.25) is 5.91 Å². The number of nitrogens with zero attached hydrogens (tertiary/aromatic N) is 2. The van der Waals surface area contributed by atoms with Crippen molar-refractivity contribution in [2.24, 2.45) is 5.92 Å².